The van der Waals surface area contributed by atoms with Gasteiger partial charge in [0.05, 0.1) is 18.8 Å². The molecule has 1 unspecified atom stereocenters. The van der Waals surface area contributed by atoms with Gasteiger partial charge in [0.1, 0.15) is 11.4 Å². The van der Waals surface area contributed by atoms with E-state index in [1.807, 2.05) is 0 Å². The number of hydrogen-bond acceptors (Lipinski definition) is 3. The Kier molecular flexibility index (Phi) is 3.86. The number of rotatable bonds is 1. The standard InChI is InChI=1S/C14H17F3N2O2/c1-13(2,3)21-12(20)19-8-14(16,17)5-11(19)9-4-10(15)7-18-6-9/h4,6-7,11H,5,8H2,1-3H3. The first-order valence-electron chi connectivity index (χ1n) is 6.55. The van der Waals surface area contributed by atoms with Crippen molar-refractivity contribution in [1.29, 1.82) is 0 Å². The van der Waals surface area contributed by atoms with Crippen molar-refractivity contribution >= 4 is 6.09 Å². The molecule has 2 heterocycles. The highest BCUT2D eigenvalue weighted by molar-refractivity contribution is 5.69. The van der Waals surface area contributed by atoms with Gasteiger partial charge < -0.3 is 4.74 Å². The number of halogens is 3. The summed E-state index contributed by atoms with van der Waals surface area (Å²) < 4.78 is 45.7. The Balaban J connectivity index is 2.27. The molecule has 4 nitrogen and oxygen atoms in total. The Morgan fingerprint density at radius 3 is 2.67 bits per heavy atom. The van der Waals surface area contributed by atoms with Gasteiger partial charge in [0.2, 0.25) is 0 Å². The molecule has 7 heteroatoms. The molecule has 1 amide bonds. The van der Waals surface area contributed by atoms with E-state index < -0.39 is 42.4 Å². The molecule has 21 heavy (non-hydrogen) atoms. The van der Waals surface area contributed by atoms with Crippen molar-refractivity contribution < 1.29 is 22.7 Å². The number of ether oxygens (including phenoxy) is 1. The maximum absolute atomic E-state index is 13.7. The number of amides is 1. The van der Waals surface area contributed by atoms with Gasteiger partial charge in [-0.15, -0.1) is 0 Å². The lowest BCUT2D eigenvalue weighted by molar-refractivity contribution is -0.00243. The number of likely N-dealkylation sites (tertiary alicyclic amines) is 1. The van der Waals surface area contributed by atoms with Crippen LogP contribution in [0.15, 0.2) is 18.5 Å². The maximum Gasteiger partial charge on any atom is 0.411 e. The minimum absolute atomic E-state index is 0.234. The highest BCUT2D eigenvalue weighted by atomic mass is 19.3. The van der Waals surface area contributed by atoms with E-state index in [1.165, 1.54) is 6.20 Å². The number of carbonyl (C=O) groups is 1. The lowest BCUT2D eigenvalue weighted by Crippen LogP contribution is -2.37. The van der Waals surface area contributed by atoms with Crippen LogP contribution >= 0.6 is 0 Å². The second-order valence-electron chi connectivity index (χ2n) is 6.12. The predicted molar refractivity (Wildman–Crippen MR) is 69.4 cm³/mol. The normalized spacial score (nSPS) is 21.4. The van der Waals surface area contributed by atoms with Crippen LogP contribution in [0.2, 0.25) is 0 Å². The topological polar surface area (TPSA) is 42.4 Å². The fourth-order valence-corrected chi connectivity index (χ4v) is 2.24. The van der Waals surface area contributed by atoms with Gasteiger partial charge in [-0.2, -0.15) is 0 Å². The Bertz CT molecular complexity index is 543. The van der Waals surface area contributed by atoms with Crippen molar-refractivity contribution in [1.82, 2.24) is 9.88 Å². The average Bonchev–Trinajstić information content (AvgIpc) is 2.63. The van der Waals surface area contributed by atoms with Crippen LogP contribution in [0.5, 0.6) is 0 Å². The van der Waals surface area contributed by atoms with Gasteiger partial charge in [0.25, 0.3) is 5.92 Å². The van der Waals surface area contributed by atoms with Crippen LogP contribution in [-0.4, -0.2) is 34.0 Å². The molecule has 1 saturated heterocycles. The van der Waals surface area contributed by atoms with E-state index in [1.54, 1.807) is 20.8 Å². The monoisotopic (exact) mass is 302 g/mol. The lowest BCUT2D eigenvalue weighted by atomic mass is 10.1. The highest BCUT2D eigenvalue weighted by Gasteiger charge is 2.48. The molecule has 0 N–H and O–H groups in total. The first-order chi connectivity index (χ1) is 9.57. The average molecular weight is 302 g/mol. The zero-order valence-electron chi connectivity index (χ0n) is 12.1. The Labute approximate surface area is 120 Å². The molecule has 2 rings (SSSR count). The van der Waals surface area contributed by atoms with Crippen LogP contribution in [0, 0.1) is 5.82 Å². The first kappa shape index (κ1) is 15.6. The van der Waals surface area contributed by atoms with Crippen molar-refractivity contribution in [3.63, 3.8) is 0 Å². The molecule has 1 aromatic rings. The maximum atomic E-state index is 13.7. The van der Waals surface area contributed by atoms with Crippen LogP contribution in [0.4, 0.5) is 18.0 Å². The first-order valence-corrected chi connectivity index (χ1v) is 6.55. The van der Waals surface area contributed by atoms with Gasteiger partial charge >= 0.3 is 6.09 Å². The largest absolute Gasteiger partial charge is 0.444 e. The Hall–Kier alpha value is -1.79. The summed E-state index contributed by atoms with van der Waals surface area (Å²) in [5.74, 6) is -3.67. The lowest BCUT2D eigenvalue weighted by Gasteiger charge is -2.28. The van der Waals surface area contributed by atoms with Crippen molar-refractivity contribution in [2.75, 3.05) is 6.54 Å². The van der Waals surface area contributed by atoms with Crippen LogP contribution in [0.1, 0.15) is 38.8 Å². The molecule has 1 atom stereocenters. The molecular formula is C14H17F3N2O2. The molecule has 1 aliphatic heterocycles. The van der Waals surface area contributed by atoms with E-state index in [0.29, 0.717) is 0 Å². The zero-order chi connectivity index (χ0) is 15.8. The van der Waals surface area contributed by atoms with E-state index >= 15 is 0 Å². The number of nitrogens with zero attached hydrogens (tertiary/aromatic N) is 2. The summed E-state index contributed by atoms with van der Waals surface area (Å²) in [6.07, 6.45) is 0.854. The van der Waals surface area contributed by atoms with Gasteiger partial charge in [0, 0.05) is 12.6 Å². The summed E-state index contributed by atoms with van der Waals surface area (Å²) in [4.78, 5) is 16.7. The molecule has 1 aromatic heterocycles. The highest BCUT2D eigenvalue weighted by Crippen LogP contribution is 2.41. The second-order valence-corrected chi connectivity index (χ2v) is 6.12. The van der Waals surface area contributed by atoms with Crippen molar-refractivity contribution in [3.05, 3.63) is 29.8 Å². The third kappa shape index (κ3) is 3.86. The predicted octanol–water partition coefficient (Wildman–Crippen LogP) is 3.54. The molecule has 1 fully saturated rings. The third-order valence-corrected chi connectivity index (χ3v) is 3.01. The fourth-order valence-electron chi connectivity index (χ4n) is 2.24. The zero-order valence-corrected chi connectivity index (χ0v) is 12.1. The minimum atomic E-state index is -3.03. The van der Waals surface area contributed by atoms with E-state index in [9.17, 15) is 18.0 Å². The van der Waals surface area contributed by atoms with Crippen molar-refractivity contribution in [2.45, 2.75) is 44.8 Å². The molecule has 116 valence electrons. The number of carbonyl (C=O) groups excluding carboxylic acids is 1. The molecule has 0 spiro atoms. The van der Waals surface area contributed by atoms with Crippen molar-refractivity contribution in [3.8, 4) is 0 Å². The van der Waals surface area contributed by atoms with Crippen LogP contribution < -0.4 is 0 Å². The van der Waals surface area contributed by atoms with Crippen LogP contribution in [-0.2, 0) is 4.74 Å². The second kappa shape index (κ2) is 5.20. The SMILES string of the molecule is CC(C)(C)OC(=O)N1CC(F)(F)CC1c1cncc(F)c1. The summed E-state index contributed by atoms with van der Waals surface area (Å²) in [7, 11) is 0. The summed E-state index contributed by atoms with van der Waals surface area (Å²) >= 11 is 0. The summed E-state index contributed by atoms with van der Waals surface area (Å²) in [5, 5.41) is 0. The Morgan fingerprint density at radius 2 is 2.10 bits per heavy atom. The molecule has 0 aliphatic carbocycles. The van der Waals surface area contributed by atoms with Crippen LogP contribution in [0.25, 0.3) is 0 Å². The van der Waals surface area contributed by atoms with E-state index in [-0.39, 0.29) is 5.56 Å². The van der Waals surface area contributed by atoms with Gasteiger partial charge in [-0.05, 0) is 32.4 Å². The van der Waals surface area contributed by atoms with E-state index in [4.69, 9.17) is 4.74 Å². The minimum Gasteiger partial charge on any atom is -0.444 e. The fraction of sp³-hybridized carbons (Fsp3) is 0.571. The van der Waals surface area contributed by atoms with Crippen LogP contribution in [0.3, 0.4) is 0 Å². The van der Waals surface area contributed by atoms with Crippen molar-refractivity contribution in [2.24, 2.45) is 0 Å². The summed E-state index contributed by atoms with van der Waals surface area (Å²) in [6, 6.07) is 0.161. The van der Waals surface area contributed by atoms with Gasteiger partial charge in [-0.1, -0.05) is 0 Å². The van der Waals surface area contributed by atoms with Gasteiger partial charge in [0.15, 0.2) is 0 Å². The number of hydrogen-bond donors (Lipinski definition) is 0. The molecule has 0 aromatic carbocycles. The Morgan fingerprint density at radius 1 is 1.43 bits per heavy atom. The molecule has 1 aliphatic rings. The number of pyridine rings is 1. The van der Waals surface area contributed by atoms with Gasteiger partial charge in [-0.3, -0.25) is 9.88 Å². The number of alkyl halides is 2. The molecular weight excluding hydrogens is 285 g/mol. The van der Waals surface area contributed by atoms with E-state index in [0.717, 1.165) is 17.2 Å². The summed E-state index contributed by atoms with van der Waals surface area (Å²) in [6.45, 7) is 4.21. The van der Waals surface area contributed by atoms with E-state index in [2.05, 4.69) is 4.98 Å². The third-order valence-electron chi connectivity index (χ3n) is 3.01. The van der Waals surface area contributed by atoms with Gasteiger partial charge in [-0.25, -0.2) is 18.0 Å². The quantitative estimate of drug-likeness (QED) is 0.797. The number of aromatic nitrogens is 1. The smallest absolute Gasteiger partial charge is 0.411 e. The summed E-state index contributed by atoms with van der Waals surface area (Å²) in [5.41, 5.74) is -0.558. The molecule has 0 radical (unpaired) electrons. The molecule has 0 saturated carbocycles. The molecule has 0 bridgehead atoms.